The van der Waals surface area contributed by atoms with E-state index in [1.165, 1.54) is 7.11 Å². The lowest BCUT2D eigenvalue weighted by atomic mass is 10.1. The van der Waals surface area contributed by atoms with Crippen LogP contribution in [0.4, 0.5) is 0 Å². The average Bonchev–Trinajstić information content (AvgIpc) is 2.79. The van der Waals surface area contributed by atoms with Gasteiger partial charge in [-0.2, -0.15) is 0 Å². The van der Waals surface area contributed by atoms with Gasteiger partial charge in [0.05, 0.1) is 25.9 Å². The second-order valence-electron chi connectivity index (χ2n) is 4.22. The molecule has 0 bridgehead atoms. The molecule has 1 aromatic carbocycles. The Morgan fingerprint density at radius 3 is 2.63 bits per heavy atom. The summed E-state index contributed by atoms with van der Waals surface area (Å²) >= 11 is 0. The summed E-state index contributed by atoms with van der Waals surface area (Å²) in [6.45, 7) is -0.230. The Balaban J connectivity index is 1.97. The second-order valence-corrected chi connectivity index (χ2v) is 4.22. The SMILES string of the molecule is COc1ccc(C(=O)OC2CO[C@H](CO)[C@@H]2O)cc1. The summed E-state index contributed by atoms with van der Waals surface area (Å²) in [5.74, 6) is 0.0926. The van der Waals surface area contributed by atoms with Crippen molar-refractivity contribution in [2.75, 3.05) is 20.3 Å². The topological polar surface area (TPSA) is 85.2 Å². The van der Waals surface area contributed by atoms with E-state index in [4.69, 9.17) is 19.3 Å². The maximum atomic E-state index is 11.8. The molecule has 6 nitrogen and oxygen atoms in total. The van der Waals surface area contributed by atoms with Gasteiger partial charge in [0.25, 0.3) is 0 Å². The van der Waals surface area contributed by atoms with Crippen molar-refractivity contribution in [2.45, 2.75) is 18.3 Å². The van der Waals surface area contributed by atoms with Crippen LogP contribution in [0, 0.1) is 0 Å². The Hall–Kier alpha value is -1.63. The van der Waals surface area contributed by atoms with Crippen LogP contribution in [0.3, 0.4) is 0 Å². The highest BCUT2D eigenvalue weighted by Gasteiger charge is 2.38. The van der Waals surface area contributed by atoms with Crippen LogP contribution in [0.2, 0.25) is 0 Å². The molecule has 2 N–H and O–H groups in total. The molecule has 19 heavy (non-hydrogen) atoms. The summed E-state index contributed by atoms with van der Waals surface area (Å²) in [4.78, 5) is 11.8. The predicted molar refractivity (Wildman–Crippen MR) is 65.0 cm³/mol. The van der Waals surface area contributed by atoms with Crippen LogP contribution in [0.25, 0.3) is 0 Å². The first kappa shape index (κ1) is 13.8. The zero-order chi connectivity index (χ0) is 13.8. The molecule has 104 valence electrons. The Morgan fingerprint density at radius 2 is 2.11 bits per heavy atom. The van der Waals surface area contributed by atoms with Crippen LogP contribution in [0.1, 0.15) is 10.4 Å². The van der Waals surface area contributed by atoms with E-state index in [0.29, 0.717) is 11.3 Å². The number of carbonyl (C=O) groups is 1. The summed E-state index contributed by atoms with van der Waals surface area (Å²) in [5.41, 5.74) is 0.362. The molecule has 0 radical (unpaired) electrons. The van der Waals surface area contributed by atoms with E-state index < -0.39 is 24.3 Å². The molecule has 6 heteroatoms. The molecule has 1 unspecified atom stereocenters. The van der Waals surface area contributed by atoms with Crippen LogP contribution in [-0.4, -0.2) is 54.8 Å². The first-order valence-corrected chi connectivity index (χ1v) is 5.91. The number of hydrogen-bond acceptors (Lipinski definition) is 6. The Bertz CT molecular complexity index is 429. The molecule has 0 spiro atoms. The highest BCUT2D eigenvalue weighted by atomic mass is 16.6. The minimum absolute atomic E-state index is 0.0777. The largest absolute Gasteiger partial charge is 0.497 e. The van der Waals surface area contributed by atoms with Gasteiger partial charge < -0.3 is 24.4 Å². The molecule has 3 atom stereocenters. The number of ether oxygens (including phenoxy) is 3. The maximum absolute atomic E-state index is 11.8. The number of rotatable bonds is 4. The number of carbonyl (C=O) groups excluding carboxylic acids is 1. The summed E-state index contributed by atoms with van der Waals surface area (Å²) in [5, 5.41) is 18.7. The van der Waals surface area contributed by atoms with E-state index in [2.05, 4.69) is 0 Å². The fourth-order valence-corrected chi connectivity index (χ4v) is 1.85. The van der Waals surface area contributed by atoms with Crippen molar-refractivity contribution in [3.05, 3.63) is 29.8 Å². The van der Waals surface area contributed by atoms with Gasteiger partial charge in [-0.05, 0) is 24.3 Å². The Labute approximate surface area is 110 Å². The van der Waals surface area contributed by atoms with Gasteiger partial charge in [-0.1, -0.05) is 0 Å². The molecule has 1 aliphatic rings. The van der Waals surface area contributed by atoms with E-state index in [1.54, 1.807) is 24.3 Å². The van der Waals surface area contributed by atoms with Gasteiger partial charge in [-0.15, -0.1) is 0 Å². The Morgan fingerprint density at radius 1 is 1.42 bits per heavy atom. The third-order valence-electron chi connectivity index (χ3n) is 3.00. The van der Waals surface area contributed by atoms with E-state index in [1.807, 2.05) is 0 Å². The third kappa shape index (κ3) is 3.04. The van der Waals surface area contributed by atoms with Gasteiger partial charge in [-0.25, -0.2) is 4.79 Å². The second kappa shape index (κ2) is 6.01. The number of aliphatic hydroxyl groups excluding tert-OH is 2. The predicted octanol–water partition coefficient (Wildman–Crippen LogP) is -0.0274. The van der Waals surface area contributed by atoms with Crippen molar-refractivity contribution in [3.8, 4) is 5.75 Å². The molecule has 1 heterocycles. The fourth-order valence-electron chi connectivity index (χ4n) is 1.85. The number of hydrogen-bond donors (Lipinski definition) is 2. The zero-order valence-electron chi connectivity index (χ0n) is 10.5. The molecule has 1 saturated heterocycles. The normalized spacial score (nSPS) is 26.2. The summed E-state index contributed by atoms with van der Waals surface area (Å²) in [7, 11) is 1.54. The van der Waals surface area contributed by atoms with Crippen molar-refractivity contribution in [2.24, 2.45) is 0 Å². The molecular weight excluding hydrogens is 252 g/mol. The van der Waals surface area contributed by atoms with Crippen molar-refractivity contribution < 1.29 is 29.2 Å². The van der Waals surface area contributed by atoms with Crippen LogP contribution in [0.5, 0.6) is 5.75 Å². The van der Waals surface area contributed by atoms with Crippen LogP contribution < -0.4 is 4.74 Å². The zero-order valence-corrected chi connectivity index (χ0v) is 10.5. The van der Waals surface area contributed by atoms with Crippen LogP contribution in [-0.2, 0) is 9.47 Å². The first-order valence-electron chi connectivity index (χ1n) is 5.91. The van der Waals surface area contributed by atoms with E-state index >= 15 is 0 Å². The molecular formula is C13H16O6. The van der Waals surface area contributed by atoms with E-state index in [0.717, 1.165) is 0 Å². The molecule has 1 aromatic rings. The highest BCUT2D eigenvalue weighted by Crippen LogP contribution is 2.19. The lowest BCUT2D eigenvalue weighted by molar-refractivity contribution is -0.0174. The lowest BCUT2D eigenvalue weighted by Gasteiger charge is -2.16. The molecule has 0 saturated carbocycles. The Kier molecular flexibility index (Phi) is 4.36. The van der Waals surface area contributed by atoms with Gasteiger partial charge in [-0.3, -0.25) is 0 Å². The standard InChI is InChI=1S/C13H16O6/c1-17-9-4-2-8(3-5-9)13(16)19-11-7-18-10(6-14)12(11)15/h2-5,10-12,14-15H,6-7H2,1H3/t10-,11?,12+/m1/s1. The molecule has 2 rings (SSSR count). The molecule has 0 amide bonds. The number of methoxy groups -OCH3 is 1. The van der Waals surface area contributed by atoms with Gasteiger partial charge in [0.2, 0.25) is 0 Å². The number of benzene rings is 1. The fraction of sp³-hybridized carbons (Fsp3) is 0.462. The van der Waals surface area contributed by atoms with E-state index in [-0.39, 0.29) is 13.2 Å². The van der Waals surface area contributed by atoms with Crippen LogP contribution >= 0.6 is 0 Å². The van der Waals surface area contributed by atoms with E-state index in [9.17, 15) is 9.90 Å². The molecule has 0 aromatic heterocycles. The van der Waals surface area contributed by atoms with Crippen molar-refractivity contribution in [1.29, 1.82) is 0 Å². The summed E-state index contributed by atoms with van der Waals surface area (Å²) < 4.78 is 15.2. The minimum Gasteiger partial charge on any atom is -0.497 e. The summed E-state index contributed by atoms with van der Waals surface area (Å²) in [6, 6.07) is 6.45. The lowest BCUT2D eigenvalue weighted by Crippen LogP contribution is -2.35. The average molecular weight is 268 g/mol. The van der Waals surface area contributed by atoms with Crippen LogP contribution in [0.15, 0.2) is 24.3 Å². The van der Waals surface area contributed by atoms with Gasteiger partial charge in [0.1, 0.15) is 18.0 Å². The van der Waals surface area contributed by atoms with Crippen molar-refractivity contribution >= 4 is 5.97 Å². The van der Waals surface area contributed by atoms with Gasteiger partial charge >= 0.3 is 5.97 Å². The monoisotopic (exact) mass is 268 g/mol. The van der Waals surface area contributed by atoms with Gasteiger partial charge in [0, 0.05) is 0 Å². The summed E-state index contributed by atoms with van der Waals surface area (Å²) in [6.07, 6.45) is -2.47. The number of aliphatic hydroxyl groups is 2. The molecule has 1 fully saturated rings. The van der Waals surface area contributed by atoms with Gasteiger partial charge in [0.15, 0.2) is 6.10 Å². The highest BCUT2D eigenvalue weighted by molar-refractivity contribution is 5.89. The smallest absolute Gasteiger partial charge is 0.338 e. The quantitative estimate of drug-likeness (QED) is 0.746. The molecule has 1 aliphatic heterocycles. The first-order chi connectivity index (χ1) is 9.15. The number of esters is 1. The third-order valence-corrected chi connectivity index (χ3v) is 3.00. The minimum atomic E-state index is -1.01. The van der Waals surface area contributed by atoms with Crippen molar-refractivity contribution in [3.63, 3.8) is 0 Å². The molecule has 0 aliphatic carbocycles. The van der Waals surface area contributed by atoms with Crippen molar-refractivity contribution in [1.82, 2.24) is 0 Å². The maximum Gasteiger partial charge on any atom is 0.338 e.